The summed E-state index contributed by atoms with van der Waals surface area (Å²) < 4.78 is 27.3. The van der Waals surface area contributed by atoms with Gasteiger partial charge in [-0.3, -0.25) is 4.79 Å². The van der Waals surface area contributed by atoms with Gasteiger partial charge < -0.3 is 10.2 Å². The summed E-state index contributed by atoms with van der Waals surface area (Å²) >= 11 is 1.19. The monoisotopic (exact) mass is 435 g/mol. The van der Waals surface area contributed by atoms with E-state index in [1.807, 2.05) is 18.2 Å². The average Bonchev–Trinajstić information content (AvgIpc) is 3.23. The van der Waals surface area contributed by atoms with Crippen molar-refractivity contribution >= 4 is 27.3 Å². The highest BCUT2D eigenvalue weighted by atomic mass is 32.2. The number of nitrogens with one attached hydrogen (secondary N) is 1. The van der Waals surface area contributed by atoms with Crippen LogP contribution in [0.5, 0.6) is 0 Å². The third-order valence-electron chi connectivity index (χ3n) is 5.07. The molecule has 2 aromatic rings. The minimum Gasteiger partial charge on any atom is -0.351 e. The Labute approximate surface area is 177 Å². The Morgan fingerprint density at radius 1 is 1.14 bits per heavy atom. The summed E-state index contributed by atoms with van der Waals surface area (Å²) in [5.74, 6) is -0.304. The summed E-state index contributed by atoms with van der Waals surface area (Å²) in [5.41, 5.74) is 1.25. The molecule has 2 heterocycles. The highest BCUT2D eigenvalue weighted by molar-refractivity contribution is 7.89. The second-order valence-electron chi connectivity index (χ2n) is 7.41. The van der Waals surface area contributed by atoms with Gasteiger partial charge in [0.1, 0.15) is 9.77 Å². The number of rotatable bonds is 9. The van der Waals surface area contributed by atoms with Crippen LogP contribution in [-0.2, 0) is 16.6 Å². The molecule has 1 N–H and O–H groups in total. The van der Waals surface area contributed by atoms with Crippen LogP contribution in [0.4, 0.5) is 0 Å². The summed E-state index contributed by atoms with van der Waals surface area (Å²) in [6, 6.07) is 11.8. The first-order valence-electron chi connectivity index (χ1n) is 10.1. The SMILES string of the molecule is CN(CCCNC(=O)c1sccc1S(=O)(=O)N1CCCCC1)Cc1ccccc1. The van der Waals surface area contributed by atoms with Gasteiger partial charge in [0.05, 0.1) is 0 Å². The first-order valence-corrected chi connectivity index (χ1v) is 12.4. The molecule has 1 aromatic heterocycles. The molecule has 0 radical (unpaired) electrons. The van der Waals surface area contributed by atoms with Crippen LogP contribution in [0.3, 0.4) is 0 Å². The van der Waals surface area contributed by atoms with E-state index in [1.54, 1.807) is 11.4 Å². The van der Waals surface area contributed by atoms with Crippen molar-refractivity contribution < 1.29 is 13.2 Å². The number of hydrogen-bond acceptors (Lipinski definition) is 5. The van der Waals surface area contributed by atoms with Crippen LogP contribution in [0.25, 0.3) is 0 Å². The topological polar surface area (TPSA) is 69.7 Å². The molecule has 1 saturated heterocycles. The van der Waals surface area contributed by atoms with Crippen LogP contribution in [0.1, 0.15) is 40.9 Å². The summed E-state index contributed by atoms with van der Waals surface area (Å²) in [6.45, 7) is 3.29. The lowest BCUT2D eigenvalue weighted by Gasteiger charge is -2.25. The van der Waals surface area contributed by atoms with Crippen LogP contribution in [0, 0.1) is 0 Å². The van der Waals surface area contributed by atoms with Crippen molar-refractivity contribution in [2.45, 2.75) is 37.1 Å². The number of piperidine rings is 1. The van der Waals surface area contributed by atoms with Crippen molar-refractivity contribution in [3.8, 4) is 0 Å². The van der Waals surface area contributed by atoms with Crippen LogP contribution < -0.4 is 5.32 Å². The molecule has 1 aromatic carbocycles. The van der Waals surface area contributed by atoms with Gasteiger partial charge in [0.25, 0.3) is 5.91 Å². The fourth-order valence-electron chi connectivity index (χ4n) is 3.52. The number of carbonyl (C=O) groups excluding carboxylic acids is 1. The number of thiophene rings is 1. The summed E-state index contributed by atoms with van der Waals surface area (Å²) in [6.07, 6.45) is 3.61. The van der Waals surface area contributed by atoms with E-state index in [0.29, 0.717) is 19.6 Å². The highest BCUT2D eigenvalue weighted by Gasteiger charge is 2.30. The number of carbonyl (C=O) groups is 1. The molecular formula is C21H29N3O3S2. The number of benzene rings is 1. The average molecular weight is 436 g/mol. The zero-order valence-corrected chi connectivity index (χ0v) is 18.5. The van der Waals surface area contributed by atoms with Gasteiger partial charge in [-0.15, -0.1) is 11.3 Å². The normalized spacial score (nSPS) is 15.5. The molecule has 1 amide bonds. The van der Waals surface area contributed by atoms with Gasteiger partial charge >= 0.3 is 0 Å². The lowest BCUT2D eigenvalue weighted by atomic mass is 10.2. The second kappa shape index (κ2) is 10.3. The maximum atomic E-state index is 12.9. The van der Waals surface area contributed by atoms with Gasteiger partial charge in [-0.1, -0.05) is 36.8 Å². The standard InChI is InChI=1S/C21H29N3O3S2/c1-23(17-18-9-4-2-5-10-18)13-8-12-22-21(25)20-19(11-16-28-20)29(26,27)24-14-6-3-7-15-24/h2,4-5,9-11,16H,3,6-8,12-15,17H2,1H3,(H,22,25). The number of hydrogen-bond donors (Lipinski definition) is 1. The number of nitrogens with zero attached hydrogens (tertiary/aromatic N) is 2. The minimum absolute atomic E-state index is 0.142. The summed E-state index contributed by atoms with van der Waals surface area (Å²) in [4.78, 5) is 15.2. The van der Waals surface area contributed by atoms with Gasteiger partial charge in [0.2, 0.25) is 10.0 Å². The fourth-order valence-corrected chi connectivity index (χ4v) is 6.35. The van der Waals surface area contributed by atoms with Crippen LogP contribution >= 0.6 is 11.3 Å². The van der Waals surface area contributed by atoms with Gasteiger partial charge in [-0.05, 0) is 49.9 Å². The highest BCUT2D eigenvalue weighted by Crippen LogP contribution is 2.27. The molecule has 29 heavy (non-hydrogen) atoms. The fraction of sp³-hybridized carbons (Fsp3) is 0.476. The molecule has 1 aliphatic heterocycles. The second-order valence-corrected chi connectivity index (χ2v) is 10.2. The van der Waals surface area contributed by atoms with Gasteiger partial charge in [-0.2, -0.15) is 4.31 Å². The molecule has 0 unspecified atom stereocenters. The Kier molecular flexibility index (Phi) is 7.83. The lowest BCUT2D eigenvalue weighted by molar-refractivity contribution is 0.0952. The molecule has 158 valence electrons. The minimum atomic E-state index is -3.60. The van der Waals surface area contributed by atoms with Gasteiger partial charge in [-0.25, -0.2) is 8.42 Å². The smallest absolute Gasteiger partial charge is 0.262 e. The zero-order chi connectivity index (χ0) is 20.7. The molecule has 0 saturated carbocycles. The Hall–Kier alpha value is -1.74. The molecular weight excluding hydrogens is 406 g/mol. The van der Waals surface area contributed by atoms with E-state index in [0.717, 1.165) is 38.8 Å². The van der Waals surface area contributed by atoms with E-state index >= 15 is 0 Å². The molecule has 0 aliphatic carbocycles. The van der Waals surface area contributed by atoms with E-state index in [9.17, 15) is 13.2 Å². The molecule has 3 rings (SSSR count). The third-order valence-corrected chi connectivity index (χ3v) is 8.05. The van der Waals surface area contributed by atoms with E-state index in [4.69, 9.17) is 0 Å². The zero-order valence-electron chi connectivity index (χ0n) is 16.8. The maximum Gasteiger partial charge on any atom is 0.262 e. The van der Waals surface area contributed by atoms with Gasteiger partial charge in [0, 0.05) is 26.2 Å². The number of sulfonamides is 1. The van der Waals surface area contributed by atoms with Crippen molar-refractivity contribution in [1.29, 1.82) is 0 Å². The molecule has 8 heteroatoms. The number of amides is 1. The van der Waals surface area contributed by atoms with Gasteiger partial charge in [0.15, 0.2) is 0 Å². The molecule has 1 fully saturated rings. The van der Waals surface area contributed by atoms with E-state index in [2.05, 4.69) is 29.4 Å². The molecule has 6 nitrogen and oxygen atoms in total. The molecule has 0 atom stereocenters. The van der Waals surface area contributed by atoms with E-state index < -0.39 is 10.0 Å². The summed E-state index contributed by atoms with van der Waals surface area (Å²) in [7, 11) is -1.55. The Morgan fingerprint density at radius 3 is 2.59 bits per heavy atom. The van der Waals surface area contributed by atoms with Crippen LogP contribution in [-0.4, -0.2) is 56.8 Å². The van der Waals surface area contributed by atoms with Crippen molar-refractivity contribution in [3.05, 3.63) is 52.2 Å². The lowest BCUT2D eigenvalue weighted by Crippen LogP contribution is -2.36. The quantitative estimate of drug-likeness (QED) is 0.614. The van der Waals surface area contributed by atoms with E-state index in [-0.39, 0.29) is 15.7 Å². The molecule has 0 bridgehead atoms. The Morgan fingerprint density at radius 2 is 1.86 bits per heavy atom. The predicted molar refractivity (Wildman–Crippen MR) is 117 cm³/mol. The van der Waals surface area contributed by atoms with E-state index in [1.165, 1.54) is 21.2 Å². The first kappa shape index (κ1) is 22.0. The maximum absolute atomic E-state index is 12.9. The van der Waals surface area contributed by atoms with Crippen molar-refractivity contribution in [2.75, 3.05) is 33.2 Å². The van der Waals surface area contributed by atoms with Crippen LogP contribution in [0.2, 0.25) is 0 Å². The van der Waals surface area contributed by atoms with Crippen molar-refractivity contribution in [3.63, 3.8) is 0 Å². The first-order chi connectivity index (χ1) is 14.0. The predicted octanol–water partition coefficient (Wildman–Crippen LogP) is 3.17. The van der Waals surface area contributed by atoms with Crippen LogP contribution in [0.15, 0.2) is 46.7 Å². The Balaban J connectivity index is 1.50. The third kappa shape index (κ3) is 5.88. The Bertz CT molecular complexity index is 891. The van der Waals surface area contributed by atoms with Crippen molar-refractivity contribution in [1.82, 2.24) is 14.5 Å². The largest absolute Gasteiger partial charge is 0.351 e. The molecule has 1 aliphatic rings. The molecule has 0 spiro atoms. The van der Waals surface area contributed by atoms with Crippen molar-refractivity contribution in [2.24, 2.45) is 0 Å². The summed E-state index contributed by atoms with van der Waals surface area (Å²) in [5, 5.41) is 4.56.